The van der Waals surface area contributed by atoms with E-state index < -0.39 is 6.10 Å². The van der Waals surface area contributed by atoms with Gasteiger partial charge in [0.2, 0.25) is 5.91 Å². The van der Waals surface area contributed by atoms with Crippen molar-refractivity contribution in [2.75, 3.05) is 6.54 Å². The molecular formula is C17H20ClN3O3. The van der Waals surface area contributed by atoms with Crippen molar-refractivity contribution in [2.45, 2.75) is 31.6 Å². The van der Waals surface area contributed by atoms with Gasteiger partial charge in [0, 0.05) is 29.9 Å². The fraction of sp³-hybridized carbons (Fsp3) is 0.412. The maximum atomic E-state index is 11.9. The monoisotopic (exact) mass is 349 g/mol. The molecule has 3 rings (SSSR count). The molecule has 0 radical (unpaired) electrons. The zero-order chi connectivity index (χ0) is 16.9. The third-order valence-electron chi connectivity index (χ3n) is 4.23. The fourth-order valence-electron chi connectivity index (χ4n) is 2.91. The molecule has 7 heteroatoms. The lowest BCUT2D eigenvalue weighted by molar-refractivity contribution is -0.122. The van der Waals surface area contributed by atoms with Gasteiger partial charge >= 0.3 is 0 Å². The molecule has 3 atom stereocenters. The molecule has 1 aromatic heterocycles. The molecule has 0 bridgehead atoms. The lowest BCUT2D eigenvalue weighted by Crippen LogP contribution is -2.38. The highest BCUT2D eigenvalue weighted by molar-refractivity contribution is 6.30. The van der Waals surface area contributed by atoms with Crippen molar-refractivity contribution >= 4 is 17.5 Å². The molecule has 6 nitrogen and oxygen atoms in total. The number of benzene rings is 1. The van der Waals surface area contributed by atoms with Crippen molar-refractivity contribution in [3.8, 4) is 5.75 Å². The highest BCUT2D eigenvalue weighted by atomic mass is 35.5. The Kier molecular flexibility index (Phi) is 5.37. The summed E-state index contributed by atoms with van der Waals surface area (Å²) in [7, 11) is 0. The molecule has 2 N–H and O–H groups in total. The zero-order valence-electron chi connectivity index (χ0n) is 13.1. The number of aromatic nitrogens is 2. The van der Waals surface area contributed by atoms with E-state index in [9.17, 15) is 9.90 Å². The summed E-state index contributed by atoms with van der Waals surface area (Å²) in [6, 6.07) is 7.09. The Labute approximate surface area is 145 Å². The minimum absolute atomic E-state index is 0.00552. The number of nitrogens with one attached hydrogen (secondary N) is 1. The lowest BCUT2D eigenvalue weighted by atomic mass is 10.1. The first-order valence-corrected chi connectivity index (χ1v) is 8.32. The Balaban J connectivity index is 1.46. The summed E-state index contributed by atoms with van der Waals surface area (Å²) in [6.07, 6.45) is 5.67. The Bertz CT molecular complexity index is 660. The number of halogens is 1. The van der Waals surface area contributed by atoms with Crippen LogP contribution in [0.1, 0.15) is 12.8 Å². The van der Waals surface area contributed by atoms with Gasteiger partial charge in [-0.15, -0.1) is 0 Å². The average molecular weight is 350 g/mol. The van der Waals surface area contributed by atoms with Crippen LogP contribution in [-0.2, 0) is 11.3 Å². The number of ether oxygens (including phenoxy) is 1. The van der Waals surface area contributed by atoms with Crippen molar-refractivity contribution in [3.05, 3.63) is 48.0 Å². The normalized spacial score (nSPS) is 23.2. The van der Waals surface area contributed by atoms with Gasteiger partial charge in [-0.05, 0) is 37.1 Å². The van der Waals surface area contributed by atoms with Crippen molar-refractivity contribution in [3.63, 3.8) is 0 Å². The molecule has 1 aromatic carbocycles. The van der Waals surface area contributed by atoms with Crippen LogP contribution in [0, 0.1) is 5.92 Å². The van der Waals surface area contributed by atoms with E-state index in [1.807, 2.05) is 0 Å². The summed E-state index contributed by atoms with van der Waals surface area (Å²) in [4.78, 5) is 15.8. The van der Waals surface area contributed by atoms with E-state index in [1.165, 1.54) is 0 Å². The van der Waals surface area contributed by atoms with E-state index in [0.29, 0.717) is 17.3 Å². The van der Waals surface area contributed by atoms with Crippen LogP contribution < -0.4 is 10.1 Å². The van der Waals surface area contributed by atoms with Crippen LogP contribution in [0.5, 0.6) is 5.75 Å². The summed E-state index contributed by atoms with van der Waals surface area (Å²) in [5.74, 6) is 0.588. The first-order valence-electron chi connectivity index (χ1n) is 7.94. The number of amides is 1. The number of imidazole rings is 1. The predicted molar refractivity (Wildman–Crippen MR) is 89.8 cm³/mol. The first kappa shape index (κ1) is 16.8. The molecule has 128 valence electrons. The van der Waals surface area contributed by atoms with Crippen LogP contribution in [0.4, 0.5) is 0 Å². The van der Waals surface area contributed by atoms with Crippen LogP contribution in [0.3, 0.4) is 0 Å². The number of hydrogen-bond donors (Lipinski definition) is 2. The maximum Gasteiger partial charge on any atom is 0.239 e. The van der Waals surface area contributed by atoms with Gasteiger partial charge in [-0.25, -0.2) is 4.98 Å². The summed E-state index contributed by atoms with van der Waals surface area (Å²) in [5, 5.41) is 13.9. The second-order valence-corrected chi connectivity index (χ2v) is 6.41. The smallest absolute Gasteiger partial charge is 0.239 e. The molecule has 1 heterocycles. The molecule has 0 aliphatic heterocycles. The third kappa shape index (κ3) is 4.27. The molecule has 1 fully saturated rings. The standard InChI is InChI=1S/C17H20ClN3O3/c18-13-2-4-14(5-3-13)24-15-6-1-12(17(15)23)9-20-16(22)10-21-8-7-19-11-21/h2-5,7-8,11-12,15,17,23H,1,6,9-10H2,(H,20,22)/t12-,15-,17-/m1/s1. The number of aliphatic hydroxyl groups is 1. The van der Waals surface area contributed by atoms with Crippen molar-refractivity contribution in [1.29, 1.82) is 0 Å². The van der Waals surface area contributed by atoms with E-state index in [4.69, 9.17) is 16.3 Å². The highest BCUT2D eigenvalue weighted by Gasteiger charge is 2.36. The second kappa shape index (κ2) is 7.68. The molecule has 2 aromatic rings. The Morgan fingerprint density at radius 1 is 1.38 bits per heavy atom. The van der Waals surface area contributed by atoms with Gasteiger partial charge < -0.3 is 19.7 Å². The molecule has 24 heavy (non-hydrogen) atoms. The minimum Gasteiger partial charge on any atom is -0.488 e. The van der Waals surface area contributed by atoms with Crippen molar-refractivity contribution in [1.82, 2.24) is 14.9 Å². The van der Waals surface area contributed by atoms with Crippen LogP contribution in [0.25, 0.3) is 0 Å². The number of aliphatic hydroxyl groups excluding tert-OH is 1. The summed E-state index contributed by atoms with van der Waals surface area (Å²) in [5.41, 5.74) is 0. The average Bonchev–Trinajstić information content (AvgIpc) is 3.19. The van der Waals surface area contributed by atoms with E-state index in [-0.39, 0.29) is 24.5 Å². The SMILES string of the molecule is O=C(Cn1ccnc1)NC[C@H]1CC[C@@H](Oc2ccc(Cl)cc2)[C@@H]1O. The van der Waals surface area contributed by atoms with Gasteiger partial charge in [-0.3, -0.25) is 4.79 Å². The van der Waals surface area contributed by atoms with Gasteiger partial charge in [0.05, 0.1) is 12.4 Å². The van der Waals surface area contributed by atoms with Gasteiger partial charge in [0.25, 0.3) is 0 Å². The Hall–Kier alpha value is -2.05. The number of rotatable bonds is 6. The predicted octanol–water partition coefficient (Wildman–Crippen LogP) is 1.87. The molecular weight excluding hydrogens is 330 g/mol. The van der Waals surface area contributed by atoms with Gasteiger partial charge in [-0.1, -0.05) is 11.6 Å². The third-order valence-corrected chi connectivity index (χ3v) is 4.49. The highest BCUT2D eigenvalue weighted by Crippen LogP contribution is 2.29. The topological polar surface area (TPSA) is 76.4 Å². The van der Waals surface area contributed by atoms with Crippen LogP contribution in [0.15, 0.2) is 43.0 Å². The van der Waals surface area contributed by atoms with Gasteiger partial charge in [-0.2, -0.15) is 0 Å². The molecule has 1 saturated carbocycles. The number of carbonyl (C=O) groups excluding carboxylic acids is 1. The van der Waals surface area contributed by atoms with Gasteiger partial charge in [0.15, 0.2) is 0 Å². The molecule has 1 aliphatic rings. The Morgan fingerprint density at radius 2 is 2.17 bits per heavy atom. The maximum absolute atomic E-state index is 11.9. The Morgan fingerprint density at radius 3 is 2.88 bits per heavy atom. The van der Waals surface area contributed by atoms with Crippen LogP contribution >= 0.6 is 11.6 Å². The summed E-state index contributed by atoms with van der Waals surface area (Å²) >= 11 is 5.85. The molecule has 0 spiro atoms. The summed E-state index contributed by atoms with van der Waals surface area (Å²) < 4.78 is 7.53. The molecule has 0 saturated heterocycles. The van der Waals surface area contributed by atoms with E-state index in [1.54, 1.807) is 47.6 Å². The van der Waals surface area contributed by atoms with Crippen LogP contribution in [-0.4, -0.2) is 39.3 Å². The minimum atomic E-state index is -0.603. The number of carbonyl (C=O) groups is 1. The molecule has 0 unspecified atom stereocenters. The quantitative estimate of drug-likeness (QED) is 0.834. The van der Waals surface area contributed by atoms with Crippen LogP contribution in [0.2, 0.25) is 5.02 Å². The second-order valence-electron chi connectivity index (χ2n) is 5.98. The molecule has 1 aliphatic carbocycles. The zero-order valence-corrected chi connectivity index (χ0v) is 13.9. The molecule has 1 amide bonds. The fourth-order valence-corrected chi connectivity index (χ4v) is 3.04. The number of nitrogens with zero attached hydrogens (tertiary/aromatic N) is 2. The van der Waals surface area contributed by atoms with E-state index >= 15 is 0 Å². The largest absolute Gasteiger partial charge is 0.488 e. The first-order chi connectivity index (χ1) is 11.6. The lowest BCUT2D eigenvalue weighted by Gasteiger charge is -2.21. The van der Waals surface area contributed by atoms with Crippen molar-refractivity contribution < 1.29 is 14.6 Å². The van der Waals surface area contributed by atoms with Crippen molar-refractivity contribution in [2.24, 2.45) is 5.92 Å². The van der Waals surface area contributed by atoms with E-state index in [0.717, 1.165) is 12.8 Å². The van der Waals surface area contributed by atoms with Gasteiger partial charge in [0.1, 0.15) is 18.4 Å². The summed E-state index contributed by atoms with van der Waals surface area (Å²) in [6.45, 7) is 0.669. The number of hydrogen-bond acceptors (Lipinski definition) is 4. The van der Waals surface area contributed by atoms with E-state index in [2.05, 4.69) is 10.3 Å².